The Morgan fingerprint density at radius 2 is 2.46 bits per heavy atom. The average Bonchev–Trinajstić information content (AvgIpc) is 2.49. The summed E-state index contributed by atoms with van der Waals surface area (Å²) >= 11 is 0. The molecule has 1 fully saturated rings. The number of hydrogen-bond acceptors (Lipinski definition) is 2. The molecular formula is C11H18N2. The largest absolute Gasteiger partial charge is 0.370 e. The molecule has 1 atom stereocenters. The molecule has 1 saturated heterocycles. The van der Waals surface area contributed by atoms with Crippen molar-refractivity contribution in [2.24, 2.45) is 11.7 Å². The second-order valence-corrected chi connectivity index (χ2v) is 4.02. The lowest BCUT2D eigenvalue weighted by atomic mass is 9.96. The maximum Gasteiger partial charge on any atom is 0.0359 e. The minimum absolute atomic E-state index is 0.706. The van der Waals surface area contributed by atoms with Gasteiger partial charge in [-0.2, -0.15) is 0 Å². The Morgan fingerprint density at radius 3 is 3.23 bits per heavy atom. The predicted molar refractivity (Wildman–Crippen MR) is 55.2 cm³/mol. The Hall–Kier alpha value is -0.760. The van der Waals surface area contributed by atoms with Crippen molar-refractivity contribution in [3.63, 3.8) is 0 Å². The minimum Gasteiger partial charge on any atom is -0.370 e. The second kappa shape index (κ2) is 3.54. The van der Waals surface area contributed by atoms with Crippen LogP contribution in [0.1, 0.15) is 19.8 Å². The van der Waals surface area contributed by atoms with Gasteiger partial charge >= 0.3 is 0 Å². The van der Waals surface area contributed by atoms with Crippen molar-refractivity contribution in [2.75, 3.05) is 19.6 Å². The molecule has 0 aromatic carbocycles. The fourth-order valence-corrected chi connectivity index (χ4v) is 2.18. The highest BCUT2D eigenvalue weighted by molar-refractivity contribution is 5.37. The summed E-state index contributed by atoms with van der Waals surface area (Å²) in [5.74, 6) is 0.706. The van der Waals surface area contributed by atoms with Crippen molar-refractivity contribution in [3.05, 3.63) is 23.4 Å². The van der Waals surface area contributed by atoms with Crippen LogP contribution in [0.5, 0.6) is 0 Å². The van der Waals surface area contributed by atoms with E-state index in [1.54, 1.807) is 5.57 Å². The van der Waals surface area contributed by atoms with E-state index in [9.17, 15) is 0 Å². The number of rotatable bonds is 2. The van der Waals surface area contributed by atoms with Crippen LogP contribution in [0.3, 0.4) is 0 Å². The van der Waals surface area contributed by atoms with E-state index in [4.69, 9.17) is 5.73 Å². The number of fused-ring (bicyclic) bond motifs is 1. The van der Waals surface area contributed by atoms with Crippen molar-refractivity contribution in [1.82, 2.24) is 4.90 Å². The van der Waals surface area contributed by atoms with Gasteiger partial charge in [-0.1, -0.05) is 19.1 Å². The molecule has 72 valence electrons. The summed E-state index contributed by atoms with van der Waals surface area (Å²) in [5, 5.41) is 0. The van der Waals surface area contributed by atoms with E-state index in [2.05, 4.69) is 24.0 Å². The Morgan fingerprint density at radius 1 is 1.62 bits per heavy atom. The average molecular weight is 178 g/mol. The Labute approximate surface area is 80.1 Å². The van der Waals surface area contributed by atoms with Gasteiger partial charge in [-0.05, 0) is 24.3 Å². The number of nitrogens with zero attached hydrogens (tertiary/aromatic N) is 1. The first kappa shape index (κ1) is 8.82. The van der Waals surface area contributed by atoms with Crippen LogP contribution in [-0.2, 0) is 0 Å². The molecule has 0 aromatic heterocycles. The number of likely N-dealkylation sites (tertiary alicyclic amines) is 1. The second-order valence-electron chi connectivity index (χ2n) is 4.02. The van der Waals surface area contributed by atoms with E-state index < -0.39 is 0 Å². The molecule has 13 heavy (non-hydrogen) atoms. The van der Waals surface area contributed by atoms with Gasteiger partial charge in [0.2, 0.25) is 0 Å². The smallest absolute Gasteiger partial charge is 0.0359 e. The monoisotopic (exact) mass is 178 g/mol. The topological polar surface area (TPSA) is 29.3 Å². The molecule has 0 spiro atoms. The molecule has 2 rings (SSSR count). The molecule has 2 aliphatic rings. The van der Waals surface area contributed by atoms with Gasteiger partial charge in [-0.3, -0.25) is 0 Å². The lowest BCUT2D eigenvalue weighted by molar-refractivity contribution is 0.400. The van der Waals surface area contributed by atoms with Crippen LogP contribution in [0.4, 0.5) is 0 Å². The highest BCUT2D eigenvalue weighted by atomic mass is 15.2. The number of nitrogens with two attached hydrogens (primary N) is 1. The Bertz CT molecular complexity index is 253. The zero-order chi connectivity index (χ0) is 9.26. The van der Waals surface area contributed by atoms with Crippen LogP contribution >= 0.6 is 0 Å². The molecule has 0 bridgehead atoms. The Balaban J connectivity index is 2.15. The van der Waals surface area contributed by atoms with E-state index in [0.29, 0.717) is 5.92 Å². The molecule has 1 heterocycles. The maximum atomic E-state index is 5.58. The van der Waals surface area contributed by atoms with E-state index in [-0.39, 0.29) is 0 Å². The van der Waals surface area contributed by atoms with Gasteiger partial charge in [-0.25, -0.2) is 0 Å². The summed E-state index contributed by atoms with van der Waals surface area (Å²) in [6.07, 6.45) is 7.24. The third-order valence-corrected chi connectivity index (χ3v) is 2.90. The maximum absolute atomic E-state index is 5.58. The van der Waals surface area contributed by atoms with Crippen LogP contribution in [-0.4, -0.2) is 24.5 Å². The quantitative estimate of drug-likeness (QED) is 0.694. The summed E-state index contributed by atoms with van der Waals surface area (Å²) in [4.78, 5) is 2.42. The summed E-state index contributed by atoms with van der Waals surface area (Å²) in [6.45, 7) is 5.22. The molecular weight excluding hydrogens is 160 g/mol. The van der Waals surface area contributed by atoms with E-state index in [1.807, 2.05) is 0 Å². The molecule has 2 heteroatoms. The third kappa shape index (κ3) is 1.63. The van der Waals surface area contributed by atoms with Crippen molar-refractivity contribution >= 4 is 0 Å². The highest BCUT2D eigenvalue weighted by Gasteiger charge is 2.23. The van der Waals surface area contributed by atoms with Gasteiger partial charge in [0.25, 0.3) is 0 Å². The van der Waals surface area contributed by atoms with Crippen LogP contribution < -0.4 is 5.73 Å². The SMILES string of the molecule is CC1C=C2C(=CC1)CCN2CCN. The van der Waals surface area contributed by atoms with Crippen molar-refractivity contribution in [2.45, 2.75) is 19.8 Å². The molecule has 1 aliphatic carbocycles. The molecule has 2 nitrogen and oxygen atoms in total. The van der Waals surface area contributed by atoms with Gasteiger partial charge in [0.05, 0.1) is 0 Å². The highest BCUT2D eigenvalue weighted by Crippen LogP contribution is 2.32. The van der Waals surface area contributed by atoms with Crippen molar-refractivity contribution in [1.29, 1.82) is 0 Å². The van der Waals surface area contributed by atoms with Crippen molar-refractivity contribution in [3.8, 4) is 0 Å². The van der Waals surface area contributed by atoms with Gasteiger partial charge in [-0.15, -0.1) is 0 Å². The van der Waals surface area contributed by atoms with Crippen molar-refractivity contribution < 1.29 is 0 Å². The first-order chi connectivity index (χ1) is 6.31. The van der Waals surface area contributed by atoms with E-state index >= 15 is 0 Å². The molecule has 0 amide bonds. The third-order valence-electron chi connectivity index (χ3n) is 2.90. The van der Waals surface area contributed by atoms with Crippen LogP contribution in [0, 0.1) is 5.92 Å². The zero-order valence-corrected chi connectivity index (χ0v) is 8.29. The first-order valence-corrected chi connectivity index (χ1v) is 5.17. The van der Waals surface area contributed by atoms with Gasteiger partial charge in [0.1, 0.15) is 0 Å². The van der Waals surface area contributed by atoms with E-state index in [1.165, 1.54) is 25.1 Å². The standard InChI is InChI=1S/C11H18N2/c1-9-2-3-10-4-6-13(7-5-12)11(10)8-9/h3,8-9H,2,4-7,12H2,1H3. The predicted octanol–water partition coefficient (Wildman–Crippen LogP) is 1.50. The van der Waals surface area contributed by atoms with Crippen LogP contribution in [0.2, 0.25) is 0 Å². The van der Waals surface area contributed by atoms with Gasteiger partial charge in [0.15, 0.2) is 0 Å². The minimum atomic E-state index is 0.706. The molecule has 1 aliphatic heterocycles. The molecule has 1 unspecified atom stereocenters. The van der Waals surface area contributed by atoms with Gasteiger partial charge in [0, 0.05) is 25.3 Å². The number of hydrogen-bond donors (Lipinski definition) is 1. The normalized spacial score (nSPS) is 26.9. The molecule has 2 N–H and O–H groups in total. The van der Waals surface area contributed by atoms with Crippen LogP contribution in [0.25, 0.3) is 0 Å². The molecule has 0 saturated carbocycles. The zero-order valence-electron chi connectivity index (χ0n) is 8.29. The lowest BCUT2D eigenvalue weighted by Crippen LogP contribution is -2.26. The summed E-state index contributed by atoms with van der Waals surface area (Å²) in [6, 6.07) is 0. The molecule has 0 aromatic rings. The van der Waals surface area contributed by atoms with E-state index in [0.717, 1.165) is 13.1 Å². The molecule has 0 radical (unpaired) electrons. The first-order valence-electron chi connectivity index (χ1n) is 5.17. The fraction of sp³-hybridized carbons (Fsp3) is 0.636. The fourth-order valence-electron chi connectivity index (χ4n) is 2.18. The summed E-state index contributed by atoms with van der Waals surface area (Å²) < 4.78 is 0. The Kier molecular flexibility index (Phi) is 2.40. The lowest BCUT2D eigenvalue weighted by Gasteiger charge is -2.22. The summed E-state index contributed by atoms with van der Waals surface area (Å²) in [7, 11) is 0. The number of allylic oxidation sites excluding steroid dienone is 3. The van der Waals surface area contributed by atoms with Gasteiger partial charge < -0.3 is 10.6 Å². The van der Waals surface area contributed by atoms with Crippen LogP contribution in [0.15, 0.2) is 23.4 Å². The summed E-state index contributed by atoms with van der Waals surface area (Å²) in [5.41, 5.74) is 8.59.